The van der Waals surface area contributed by atoms with Gasteiger partial charge in [-0.1, -0.05) is 0 Å². The molecule has 0 aliphatic carbocycles. The van der Waals surface area contributed by atoms with Gasteiger partial charge in [0.1, 0.15) is 17.4 Å². The number of nitriles is 1. The molecule has 1 amide bonds. The maximum Gasteiger partial charge on any atom is 0.264 e. The van der Waals surface area contributed by atoms with Gasteiger partial charge in [-0.15, -0.1) is 0 Å². The third kappa shape index (κ3) is 4.89. The monoisotopic (exact) mass is 434 g/mol. The molecule has 0 saturated carbocycles. The standard InChI is InChI=1S/C26H34N4O2/c1-18(2)29-13-11-23(12-14-29)28(5)26(31)22(17-27)16-21-15-19(3)30(20(21)4)24-7-9-25(32-6)10-8-24/h7-10,15-16,18,23H,11-14H2,1-6H3/b22-16+. The minimum atomic E-state index is -0.204. The predicted molar refractivity (Wildman–Crippen MR) is 128 cm³/mol. The van der Waals surface area contributed by atoms with Crippen molar-refractivity contribution in [3.8, 4) is 17.5 Å². The first-order chi connectivity index (χ1) is 15.3. The molecule has 1 aliphatic heterocycles. The van der Waals surface area contributed by atoms with E-state index in [1.807, 2.05) is 51.2 Å². The second kappa shape index (κ2) is 10.1. The molecule has 1 aromatic carbocycles. The molecule has 0 spiro atoms. The van der Waals surface area contributed by atoms with Crippen LogP contribution in [0.1, 0.15) is 43.6 Å². The van der Waals surface area contributed by atoms with E-state index in [1.165, 1.54) is 0 Å². The van der Waals surface area contributed by atoms with E-state index in [2.05, 4.69) is 29.4 Å². The maximum atomic E-state index is 13.1. The number of piperidine rings is 1. The van der Waals surface area contributed by atoms with E-state index < -0.39 is 0 Å². The maximum absolute atomic E-state index is 13.1. The highest BCUT2D eigenvalue weighted by Gasteiger charge is 2.28. The fraction of sp³-hybridized carbons (Fsp3) is 0.462. The van der Waals surface area contributed by atoms with Gasteiger partial charge in [0.2, 0.25) is 0 Å². The molecule has 0 bridgehead atoms. The number of hydrogen-bond acceptors (Lipinski definition) is 4. The van der Waals surface area contributed by atoms with E-state index in [0.29, 0.717) is 6.04 Å². The van der Waals surface area contributed by atoms with Gasteiger partial charge in [-0.25, -0.2) is 0 Å². The van der Waals surface area contributed by atoms with Crippen molar-refractivity contribution >= 4 is 12.0 Å². The number of carbonyl (C=O) groups is 1. The Bertz CT molecular complexity index is 1020. The van der Waals surface area contributed by atoms with Crippen LogP contribution in [0.3, 0.4) is 0 Å². The molecule has 32 heavy (non-hydrogen) atoms. The molecule has 0 unspecified atom stereocenters. The largest absolute Gasteiger partial charge is 0.497 e. The molecule has 1 fully saturated rings. The van der Waals surface area contributed by atoms with Crippen LogP contribution in [0.15, 0.2) is 35.9 Å². The molecule has 0 atom stereocenters. The Balaban J connectivity index is 1.81. The Labute approximate surface area is 191 Å². The van der Waals surface area contributed by atoms with Gasteiger partial charge in [-0.2, -0.15) is 5.26 Å². The van der Waals surface area contributed by atoms with Crippen molar-refractivity contribution in [2.45, 2.75) is 52.6 Å². The molecule has 1 aliphatic rings. The zero-order chi connectivity index (χ0) is 23.4. The Hall–Kier alpha value is -3.04. The van der Waals surface area contributed by atoms with Crippen LogP contribution in [0.25, 0.3) is 11.8 Å². The summed E-state index contributed by atoms with van der Waals surface area (Å²) in [5.74, 6) is 0.598. The Morgan fingerprint density at radius 2 is 1.84 bits per heavy atom. The first-order valence-corrected chi connectivity index (χ1v) is 11.2. The lowest BCUT2D eigenvalue weighted by molar-refractivity contribution is -0.128. The van der Waals surface area contributed by atoms with Crippen molar-refractivity contribution in [2.75, 3.05) is 27.2 Å². The van der Waals surface area contributed by atoms with Gasteiger partial charge in [-0.3, -0.25) is 4.79 Å². The fourth-order valence-corrected chi connectivity index (χ4v) is 4.51. The number of amides is 1. The number of benzene rings is 1. The topological polar surface area (TPSA) is 61.5 Å². The number of likely N-dealkylation sites (N-methyl/N-ethyl adjacent to an activating group) is 1. The average Bonchev–Trinajstić information content (AvgIpc) is 3.09. The molecular formula is C26H34N4O2. The van der Waals surface area contributed by atoms with Crippen LogP contribution in [0.2, 0.25) is 0 Å². The van der Waals surface area contributed by atoms with Crippen molar-refractivity contribution in [1.82, 2.24) is 14.4 Å². The second-order valence-corrected chi connectivity index (χ2v) is 8.81. The Morgan fingerprint density at radius 3 is 2.38 bits per heavy atom. The number of hydrogen-bond donors (Lipinski definition) is 0. The van der Waals surface area contributed by atoms with Gasteiger partial charge in [0.05, 0.1) is 7.11 Å². The summed E-state index contributed by atoms with van der Waals surface area (Å²) >= 11 is 0. The number of aromatic nitrogens is 1. The molecule has 2 heterocycles. The summed E-state index contributed by atoms with van der Waals surface area (Å²) in [4.78, 5) is 17.3. The summed E-state index contributed by atoms with van der Waals surface area (Å²) in [6.45, 7) is 10.4. The SMILES string of the molecule is COc1ccc(-n2c(C)cc(/C=C(\C#N)C(=O)N(C)C3CCN(C(C)C)CC3)c2C)cc1. The lowest BCUT2D eigenvalue weighted by atomic mass is 10.0. The third-order valence-corrected chi connectivity index (χ3v) is 6.55. The van der Waals surface area contributed by atoms with Gasteiger partial charge in [0.25, 0.3) is 5.91 Å². The number of aryl methyl sites for hydroxylation is 1. The summed E-state index contributed by atoms with van der Waals surface area (Å²) < 4.78 is 7.38. The predicted octanol–water partition coefficient (Wildman–Crippen LogP) is 4.34. The number of methoxy groups -OCH3 is 1. The zero-order valence-corrected chi connectivity index (χ0v) is 20.1. The van der Waals surface area contributed by atoms with E-state index in [4.69, 9.17) is 4.74 Å². The van der Waals surface area contributed by atoms with Crippen molar-refractivity contribution in [2.24, 2.45) is 0 Å². The van der Waals surface area contributed by atoms with Gasteiger partial charge in [-0.05, 0) is 82.5 Å². The second-order valence-electron chi connectivity index (χ2n) is 8.81. The first kappa shape index (κ1) is 23.6. The normalized spacial score (nSPS) is 15.6. The van der Waals surface area contributed by atoms with Crippen LogP contribution < -0.4 is 4.74 Å². The zero-order valence-electron chi connectivity index (χ0n) is 20.1. The van der Waals surface area contributed by atoms with Crippen LogP contribution in [-0.2, 0) is 4.79 Å². The molecule has 6 nitrogen and oxygen atoms in total. The van der Waals surface area contributed by atoms with Gasteiger partial charge < -0.3 is 19.1 Å². The molecule has 0 radical (unpaired) electrons. The highest BCUT2D eigenvalue weighted by atomic mass is 16.5. The molecule has 6 heteroatoms. The number of likely N-dealkylation sites (tertiary alicyclic amines) is 1. The highest BCUT2D eigenvalue weighted by molar-refractivity contribution is 6.01. The van der Waals surface area contributed by atoms with Gasteiger partial charge in [0.15, 0.2) is 0 Å². The molecule has 1 aromatic heterocycles. The van der Waals surface area contributed by atoms with E-state index in [0.717, 1.165) is 54.3 Å². The number of nitrogens with zero attached hydrogens (tertiary/aromatic N) is 4. The van der Waals surface area contributed by atoms with Crippen molar-refractivity contribution in [3.63, 3.8) is 0 Å². The van der Waals surface area contributed by atoms with Gasteiger partial charge >= 0.3 is 0 Å². The number of ether oxygens (including phenoxy) is 1. The molecule has 0 N–H and O–H groups in total. The van der Waals surface area contributed by atoms with E-state index in [-0.39, 0.29) is 17.5 Å². The van der Waals surface area contributed by atoms with Crippen molar-refractivity contribution in [1.29, 1.82) is 5.26 Å². The molecule has 3 rings (SSSR count). The minimum Gasteiger partial charge on any atom is -0.497 e. The molecular weight excluding hydrogens is 400 g/mol. The van der Waals surface area contributed by atoms with E-state index >= 15 is 0 Å². The van der Waals surface area contributed by atoms with Crippen LogP contribution in [0.5, 0.6) is 5.75 Å². The fourth-order valence-electron chi connectivity index (χ4n) is 4.51. The summed E-state index contributed by atoms with van der Waals surface area (Å²) in [6, 6.07) is 12.7. The van der Waals surface area contributed by atoms with Crippen LogP contribution >= 0.6 is 0 Å². The lowest BCUT2D eigenvalue weighted by Crippen LogP contribution is -2.47. The number of rotatable bonds is 6. The van der Waals surface area contributed by atoms with Crippen molar-refractivity contribution in [3.05, 3.63) is 52.9 Å². The lowest BCUT2D eigenvalue weighted by Gasteiger charge is -2.38. The molecule has 170 valence electrons. The smallest absolute Gasteiger partial charge is 0.264 e. The van der Waals surface area contributed by atoms with Crippen LogP contribution in [0, 0.1) is 25.2 Å². The summed E-state index contributed by atoms with van der Waals surface area (Å²) in [7, 11) is 3.47. The summed E-state index contributed by atoms with van der Waals surface area (Å²) in [6.07, 6.45) is 3.60. The average molecular weight is 435 g/mol. The highest BCUT2D eigenvalue weighted by Crippen LogP contribution is 2.25. The van der Waals surface area contributed by atoms with Crippen molar-refractivity contribution < 1.29 is 9.53 Å². The summed E-state index contributed by atoms with van der Waals surface area (Å²) in [5.41, 5.74) is 4.10. The van der Waals surface area contributed by atoms with Gasteiger partial charge in [0, 0.05) is 49.3 Å². The molecule has 1 saturated heterocycles. The third-order valence-electron chi connectivity index (χ3n) is 6.55. The van der Waals surface area contributed by atoms with Crippen LogP contribution in [0.4, 0.5) is 0 Å². The quantitative estimate of drug-likeness (QED) is 0.501. The minimum absolute atomic E-state index is 0.168. The first-order valence-electron chi connectivity index (χ1n) is 11.2. The Kier molecular flexibility index (Phi) is 7.42. The summed E-state index contributed by atoms with van der Waals surface area (Å²) in [5, 5.41) is 9.77. The number of carbonyl (C=O) groups excluding carboxylic acids is 1. The molecule has 2 aromatic rings. The Morgan fingerprint density at radius 1 is 1.22 bits per heavy atom. The van der Waals surface area contributed by atoms with Crippen LogP contribution in [-0.4, -0.2) is 59.6 Å². The van der Waals surface area contributed by atoms with E-state index in [1.54, 1.807) is 18.1 Å². The van der Waals surface area contributed by atoms with E-state index in [9.17, 15) is 10.1 Å².